The lowest BCUT2D eigenvalue weighted by Crippen LogP contribution is -2.15. The molecule has 0 atom stereocenters. The van der Waals surface area contributed by atoms with E-state index in [1.54, 1.807) is 6.07 Å². The summed E-state index contributed by atoms with van der Waals surface area (Å²) in [6, 6.07) is 10.7. The SMILES string of the molecule is N#Cc1cccc(S(=O)(=O)Nc2ncccc2N)c1. The van der Waals surface area contributed by atoms with E-state index in [0.29, 0.717) is 0 Å². The monoisotopic (exact) mass is 274 g/mol. The van der Waals surface area contributed by atoms with Gasteiger partial charge < -0.3 is 5.73 Å². The second-order valence-corrected chi connectivity index (χ2v) is 5.37. The van der Waals surface area contributed by atoms with Crippen LogP contribution in [0.25, 0.3) is 0 Å². The average Bonchev–Trinajstić information content (AvgIpc) is 2.41. The number of nitriles is 1. The molecule has 7 heteroatoms. The Kier molecular flexibility index (Phi) is 3.35. The van der Waals surface area contributed by atoms with Gasteiger partial charge in [0.2, 0.25) is 0 Å². The van der Waals surface area contributed by atoms with Crippen LogP contribution in [0.2, 0.25) is 0 Å². The molecule has 19 heavy (non-hydrogen) atoms. The van der Waals surface area contributed by atoms with Crippen molar-refractivity contribution in [3.05, 3.63) is 48.2 Å². The lowest BCUT2D eigenvalue weighted by Gasteiger charge is -2.09. The molecular formula is C12H10N4O2S. The highest BCUT2D eigenvalue weighted by molar-refractivity contribution is 7.92. The van der Waals surface area contributed by atoms with Gasteiger partial charge in [0, 0.05) is 6.20 Å². The third-order valence-corrected chi connectivity index (χ3v) is 3.68. The minimum Gasteiger partial charge on any atom is -0.396 e. The number of benzene rings is 1. The van der Waals surface area contributed by atoms with E-state index >= 15 is 0 Å². The molecule has 1 aromatic carbocycles. The Morgan fingerprint density at radius 2 is 2.05 bits per heavy atom. The molecule has 0 spiro atoms. The standard InChI is InChI=1S/C12H10N4O2S/c13-8-9-3-1-4-10(7-9)19(17,18)16-12-11(14)5-2-6-15-12/h1-7H,14H2,(H,15,16). The molecule has 1 aromatic heterocycles. The van der Waals surface area contributed by atoms with E-state index in [4.69, 9.17) is 11.0 Å². The van der Waals surface area contributed by atoms with E-state index in [1.807, 2.05) is 6.07 Å². The maximum absolute atomic E-state index is 12.1. The van der Waals surface area contributed by atoms with Crippen molar-refractivity contribution in [2.75, 3.05) is 10.5 Å². The molecule has 0 saturated carbocycles. The molecule has 2 aromatic rings. The van der Waals surface area contributed by atoms with Crippen molar-refractivity contribution in [3.8, 4) is 6.07 Å². The van der Waals surface area contributed by atoms with Crippen LogP contribution < -0.4 is 10.5 Å². The number of pyridine rings is 1. The third kappa shape index (κ3) is 2.81. The Balaban J connectivity index is 2.39. The molecule has 0 aliphatic rings. The molecule has 3 N–H and O–H groups in total. The van der Waals surface area contributed by atoms with E-state index in [2.05, 4.69) is 9.71 Å². The van der Waals surface area contributed by atoms with E-state index in [1.165, 1.54) is 36.5 Å². The van der Waals surface area contributed by atoms with Crippen LogP contribution in [0.4, 0.5) is 11.5 Å². The van der Waals surface area contributed by atoms with Gasteiger partial charge in [-0.2, -0.15) is 5.26 Å². The van der Waals surface area contributed by atoms with Gasteiger partial charge in [-0.25, -0.2) is 13.4 Å². The van der Waals surface area contributed by atoms with E-state index in [0.717, 1.165) is 0 Å². The largest absolute Gasteiger partial charge is 0.396 e. The molecule has 2 rings (SSSR count). The number of nitrogens with one attached hydrogen (secondary N) is 1. The van der Waals surface area contributed by atoms with Gasteiger partial charge in [-0.1, -0.05) is 6.07 Å². The van der Waals surface area contributed by atoms with Crippen LogP contribution in [0.15, 0.2) is 47.5 Å². The summed E-state index contributed by atoms with van der Waals surface area (Å²) < 4.78 is 26.5. The molecule has 0 saturated heterocycles. The van der Waals surface area contributed by atoms with Crippen LogP contribution in [-0.4, -0.2) is 13.4 Å². The molecule has 0 unspecified atom stereocenters. The minimum atomic E-state index is -3.81. The van der Waals surface area contributed by atoms with Crippen molar-refractivity contribution in [2.24, 2.45) is 0 Å². The first-order chi connectivity index (χ1) is 9.03. The summed E-state index contributed by atoms with van der Waals surface area (Å²) in [7, 11) is -3.81. The first kappa shape index (κ1) is 12.9. The second-order valence-electron chi connectivity index (χ2n) is 3.69. The normalized spacial score (nSPS) is 10.7. The molecule has 96 valence electrons. The molecular weight excluding hydrogens is 264 g/mol. The van der Waals surface area contributed by atoms with Crippen LogP contribution >= 0.6 is 0 Å². The highest BCUT2D eigenvalue weighted by Gasteiger charge is 2.16. The molecule has 0 amide bonds. The lowest BCUT2D eigenvalue weighted by atomic mass is 10.2. The summed E-state index contributed by atoms with van der Waals surface area (Å²) in [5, 5.41) is 8.76. The number of anilines is 2. The maximum Gasteiger partial charge on any atom is 0.263 e. The fourth-order valence-electron chi connectivity index (χ4n) is 1.42. The smallest absolute Gasteiger partial charge is 0.263 e. The quantitative estimate of drug-likeness (QED) is 0.877. The number of rotatable bonds is 3. The predicted molar refractivity (Wildman–Crippen MR) is 70.6 cm³/mol. The average molecular weight is 274 g/mol. The number of nitrogens with two attached hydrogens (primary N) is 1. The molecule has 0 aliphatic heterocycles. The van der Waals surface area contributed by atoms with Crippen molar-refractivity contribution in [2.45, 2.75) is 4.90 Å². The molecule has 1 heterocycles. The molecule has 0 radical (unpaired) electrons. The number of nitrogens with zero attached hydrogens (tertiary/aromatic N) is 2. The number of sulfonamides is 1. The van der Waals surface area contributed by atoms with Crippen LogP contribution in [0.1, 0.15) is 5.56 Å². The molecule has 6 nitrogen and oxygen atoms in total. The van der Waals surface area contributed by atoms with Crippen LogP contribution in [0, 0.1) is 11.3 Å². The summed E-state index contributed by atoms with van der Waals surface area (Å²) in [6.07, 6.45) is 1.43. The van der Waals surface area contributed by atoms with Crippen molar-refractivity contribution in [1.82, 2.24) is 4.98 Å². The van der Waals surface area contributed by atoms with Gasteiger partial charge in [0.05, 0.1) is 22.2 Å². The van der Waals surface area contributed by atoms with Gasteiger partial charge in [0.15, 0.2) is 5.82 Å². The van der Waals surface area contributed by atoms with Crippen molar-refractivity contribution >= 4 is 21.5 Å². The third-order valence-electron chi connectivity index (χ3n) is 2.34. The fourth-order valence-corrected chi connectivity index (χ4v) is 2.50. The number of hydrogen-bond donors (Lipinski definition) is 2. The zero-order valence-corrected chi connectivity index (χ0v) is 10.6. The molecule has 0 bridgehead atoms. The summed E-state index contributed by atoms with van der Waals surface area (Å²) in [5.41, 5.74) is 6.11. The van der Waals surface area contributed by atoms with Crippen LogP contribution in [0.3, 0.4) is 0 Å². The van der Waals surface area contributed by atoms with Gasteiger partial charge in [-0.15, -0.1) is 0 Å². The highest BCUT2D eigenvalue weighted by atomic mass is 32.2. The van der Waals surface area contributed by atoms with E-state index in [-0.39, 0.29) is 22.0 Å². The zero-order valence-electron chi connectivity index (χ0n) is 9.74. The Bertz CT molecular complexity index is 750. The van der Waals surface area contributed by atoms with Gasteiger partial charge in [-0.3, -0.25) is 4.72 Å². The maximum atomic E-state index is 12.1. The number of hydrogen-bond acceptors (Lipinski definition) is 5. The van der Waals surface area contributed by atoms with Crippen molar-refractivity contribution in [3.63, 3.8) is 0 Å². The van der Waals surface area contributed by atoms with Gasteiger partial charge in [-0.05, 0) is 30.3 Å². The number of nitrogen functional groups attached to an aromatic ring is 1. The number of aromatic nitrogens is 1. The lowest BCUT2D eigenvalue weighted by molar-refractivity contribution is 0.601. The van der Waals surface area contributed by atoms with Crippen LogP contribution in [0.5, 0.6) is 0 Å². The molecule has 0 aliphatic carbocycles. The van der Waals surface area contributed by atoms with E-state index in [9.17, 15) is 8.42 Å². The Hall–Kier alpha value is -2.59. The Morgan fingerprint density at radius 3 is 2.74 bits per heavy atom. The van der Waals surface area contributed by atoms with Crippen molar-refractivity contribution < 1.29 is 8.42 Å². The highest BCUT2D eigenvalue weighted by Crippen LogP contribution is 2.19. The van der Waals surface area contributed by atoms with Crippen LogP contribution in [-0.2, 0) is 10.0 Å². The summed E-state index contributed by atoms with van der Waals surface area (Å²) in [4.78, 5) is 3.83. The first-order valence-corrected chi connectivity index (χ1v) is 6.75. The Labute approximate surface area is 110 Å². The topological polar surface area (TPSA) is 109 Å². The summed E-state index contributed by atoms with van der Waals surface area (Å²) in [5.74, 6) is 0.0601. The second kappa shape index (κ2) is 4.96. The molecule has 0 fully saturated rings. The zero-order chi connectivity index (χ0) is 13.9. The fraction of sp³-hybridized carbons (Fsp3) is 0. The predicted octanol–water partition coefficient (Wildman–Crippen LogP) is 1.34. The summed E-state index contributed by atoms with van der Waals surface area (Å²) >= 11 is 0. The first-order valence-electron chi connectivity index (χ1n) is 5.26. The van der Waals surface area contributed by atoms with Gasteiger partial charge in [0.1, 0.15) is 0 Å². The summed E-state index contributed by atoms with van der Waals surface area (Å²) in [6.45, 7) is 0. The van der Waals surface area contributed by atoms with Gasteiger partial charge in [0.25, 0.3) is 10.0 Å². The van der Waals surface area contributed by atoms with Crippen molar-refractivity contribution in [1.29, 1.82) is 5.26 Å². The van der Waals surface area contributed by atoms with E-state index < -0.39 is 10.0 Å². The Morgan fingerprint density at radius 1 is 1.26 bits per heavy atom. The van der Waals surface area contributed by atoms with Gasteiger partial charge >= 0.3 is 0 Å². The minimum absolute atomic E-state index is 0.0170.